The van der Waals surface area contributed by atoms with E-state index in [0.29, 0.717) is 23.7 Å². The molecule has 2 aromatic carbocycles. The number of carbonyl (C=O) groups excluding carboxylic acids is 1. The average Bonchev–Trinajstić information content (AvgIpc) is 3.38. The molecular formula is C21H18N6O2. The molecule has 4 rings (SSSR count). The fraction of sp³-hybridized carbons (Fsp3) is 0.0952. The molecule has 0 bridgehead atoms. The highest BCUT2D eigenvalue weighted by Gasteiger charge is 2.07. The molecule has 0 saturated heterocycles. The van der Waals surface area contributed by atoms with Crippen molar-refractivity contribution in [2.75, 3.05) is 0 Å². The lowest BCUT2D eigenvalue weighted by Crippen LogP contribution is -2.17. The van der Waals surface area contributed by atoms with Gasteiger partial charge in [-0.05, 0) is 42.0 Å². The molecule has 29 heavy (non-hydrogen) atoms. The van der Waals surface area contributed by atoms with Crippen molar-refractivity contribution in [2.24, 2.45) is 5.10 Å². The summed E-state index contributed by atoms with van der Waals surface area (Å²) < 4.78 is 5.35. The predicted molar refractivity (Wildman–Crippen MR) is 107 cm³/mol. The van der Waals surface area contributed by atoms with E-state index in [0.717, 1.165) is 16.9 Å². The van der Waals surface area contributed by atoms with E-state index in [2.05, 4.69) is 25.9 Å². The summed E-state index contributed by atoms with van der Waals surface area (Å²) in [5.74, 6) is 1.63. The van der Waals surface area contributed by atoms with Crippen LogP contribution in [0.5, 0.6) is 0 Å². The lowest BCUT2D eigenvalue weighted by atomic mass is 10.1. The Kier molecular flexibility index (Phi) is 5.24. The fourth-order valence-electron chi connectivity index (χ4n) is 2.68. The van der Waals surface area contributed by atoms with Crippen LogP contribution >= 0.6 is 0 Å². The molecule has 0 unspecified atom stereocenters. The van der Waals surface area contributed by atoms with E-state index in [9.17, 15) is 4.79 Å². The minimum Gasteiger partial charge on any atom is -0.460 e. The van der Waals surface area contributed by atoms with Gasteiger partial charge >= 0.3 is 0 Å². The third-order valence-electron chi connectivity index (χ3n) is 4.14. The van der Waals surface area contributed by atoms with Crippen LogP contribution in [-0.2, 0) is 6.54 Å². The van der Waals surface area contributed by atoms with Crippen molar-refractivity contribution in [3.8, 4) is 11.4 Å². The van der Waals surface area contributed by atoms with Crippen LogP contribution in [0.25, 0.3) is 11.4 Å². The first-order valence-electron chi connectivity index (χ1n) is 8.99. The van der Waals surface area contributed by atoms with E-state index in [1.165, 1.54) is 11.0 Å². The topological polar surface area (TPSA) is 98.2 Å². The van der Waals surface area contributed by atoms with Crippen molar-refractivity contribution in [3.63, 3.8) is 0 Å². The van der Waals surface area contributed by atoms with Gasteiger partial charge < -0.3 is 4.42 Å². The molecule has 4 aromatic rings. The van der Waals surface area contributed by atoms with E-state index < -0.39 is 0 Å². The minimum atomic E-state index is -0.304. The molecule has 8 nitrogen and oxygen atoms in total. The highest BCUT2D eigenvalue weighted by Crippen LogP contribution is 2.12. The number of benzene rings is 2. The SMILES string of the molecule is Cc1ccc(/C=N\NC(=O)c2ccc(Cn3nnc(-c4ccccc4)n3)cc2)o1. The van der Waals surface area contributed by atoms with Crippen molar-refractivity contribution in [2.45, 2.75) is 13.5 Å². The number of carbonyl (C=O) groups is 1. The number of hydrazone groups is 1. The van der Waals surface area contributed by atoms with Crippen LogP contribution in [0, 0.1) is 6.92 Å². The predicted octanol–water partition coefficient (Wildman–Crippen LogP) is 3.05. The summed E-state index contributed by atoms with van der Waals surface area (Å²) in [7, 11) is 0. The Bertz CT molecular complexity index is 1130. The monoisotopic (exact) mass is 386 g/mol. The van der Waals surface area contributed by atoms with E-state index in [-0.39, 0.29) is 5.91 Å². The molecule has 1 amide bonds. The third kappa shape index (κ3) is 4.62. The van der Waals surface area contributed by atoms with Crippen LogP contribution < -0.4 is 5.43 Å². The summed E-state index contributed by atoms with van der Waals surface area (Å²) in [6.07, 6.45) is 1.46. The summed E-state index contributed by atoms with van der Waals surface area (Å²) in [6, 6.07) is 20.4. The first kappa shape index (κ1) is 18.3. The Morgan fingerprint density at radius 1 is 1.10 bits per heavy atom. The quantitative estimate of drug-likeness (QED) is 0.406. The number of furan rings is 1. The first-order chi connectivity index (χ1) is 14.2. The van der Waals surface area contributed by atoms with Crippen molar-refractivity contribution < 1.29 is 9.21 Å². The van der Waals surface area contributed by atoms with Crippen LogP contribution in [0.3, 0.4) is 0 Å². The number of nitrogens with zero attached hydrogens (tertiary/aromatic N) is 5. The van der Waals surface area contributed by atoms with Gasteiger partial charge in [-0.3, -0.25) is 4.79 Å². The van der Waals surface area contributed by atoms with Gasteiger partial charge in [0.25, 0.3) is 5.91 Å². The number of amides is 1. The minimum absolute atomic E-state index is 0.304. The second-order valence-electron chi connectivity index (χ2n) is 6.35. The molecule has 8 heteroatoms. The zero-order chi connectivity index (χ0) is 20.1. The van der Waals surface area contributed by atoms with Crippen molar-refractivity contribution in [3.05, 3.63) is 89.4 Å². The summed E-state index contributed by atoms with van der Waals surface area (Å²) in [5.41, 5.74) is 4.84. The second kappa shape index (κ2) is 8.30. The summed E-state index contributed by atoms with van der Waals surface area (Å²) >= 11 is 0. The summed E-state index contributed by atoms with van der Waals surface area (Å²) in [4.78, 5) is 13.7. The maximum absolute atomic E-state index is 12.2. The number of rotatable bonds is 6. The number of hydrogen-bond donors (Lipinski definition) is 1. The average molecular weight is 386 g/mol. The standard InChI is InChI=1S/C21H18N6O2/c1-15-7-12-19(29-15)13-22-24-21(28)18-10-8-16(9-11-18)14-27-25-20(23-26-27)17-5-3-2-4-6-17/h2-13H,14H2,1H3,(H,24,28)/b22-13-. The number of hydrogen-bond acceptors (Lipinski definition) is 6. The van der Waals surface area contributed by atoms with Crippen LogP contribution in [0.4, 0.5) is 0 Å². The lowest BCUT2D eigenvalue weighted by molar-refractivity contribution is 0.0955. The fourth-order valence-corrected chi connectivity index (χ4v) is 2.68. The van der Waals surface area contributed by atoms with Gasteiger partial charge in [0.2, 0.25) is 5.82 Å². The van der Waals surface area contributed by atoms with Gasteiger partial charge in [-0.1, -0.05) is 42.5 Å². The van der Waals surface area contributed by atoms with Crippen LogP contribution in [0.15, 0.2) is 76.2 Å². The maximum Gasteiger partial charge on any atom is 0.271 e. The summed E-state index contributed by atoms with van der Waals surface area (Å²) in [6.45, 7) is 2.30. The molecule has 1 N–H and O–H groups in total. The highest BCUT2D eigenvalue weighted by molar-refractivity contribution is 5.94. The molecule has 2 aromatic heterocycles. The number of tetrazole rings is 1. The molecule has 144 valence electrons. The number of aromatic nitrogens is 4. The van der Waals surface area contributed by atoms with Gasteiger partial charge in [0, 0.05) is 11.1 Å². The Balaban J connectivity index is 1.36. The van der Waals surface area contributed by atoms with Gasteiger partial charge in [0.05, 0.1) is 12.8 Å². The van der Waals surface area contributed by atoms with Gasteiger partial charge in [0.1, 0.15) is 11.5 Å². The molecule has 2 heterocycles. The van der Waals surface area contributed by atoms with Gasteiger partial charge in [0.15, 0.2) is 0 Å². The van der Waals surface area contributed by atoms with Crippen LogP contribution in [0.2, 0.25) is 0 Å². The highest BCUT2D eigenvalue weighted by atomic mass is 16.3. The Morgan fingerprint density at radius 3 is 2.62 bits per heavy atom. The zero-order valence-corrected chi connectivity index (χ0v) is 15.7. The van der Waals surface area contributed by atoms with Crippen molar-refractivity contribution in [1.82, 2.24) is 25.6 Å². The molecular weight excluding hydrogens is 368 g/mol. The van der Waals surface area contributed by atoms with Crippen molar-refractivity contribution in [1.29, 1.82) is 0 Å². The Hall–Kier alpha value is -4.07. The van der Waals surface area contributed by atoms with Crippen molar-refractivity contribution >= 4 is 12.1 Å². The first-order valence-corrected chi connectivity index (χ1v) is 8.99. The largest absolute Gasteiger partial charge is 0.460 e. The normalized spacial score (nSPS) is 11.1. The van der Waals surface area contributed by atoms with Crippen LogP contribution in [-0.4, -0.2) is 32.3 Å². The molecule has 0 radical (unpaired) electrons. The van der Waals surface area contributed by atoms with E-state index in [4.69, 9.17) is 4.42 Å². The smallest absolute Gasteiger partial charge is 0.271 e. The summed E-state index contributed by atoms with van der Waals surface area (Å²) in [5, 5.41) is 16.5. The van der Waals surface area contributed by atoms with Gasteiger partial charge in [-0.25, -0.2) is 5.43 Å². The molecule has 0 saturated carbocycles. The lowest BCUT2D eigenvalue weighted by Gasteiger charge is -2.02. The Morgan fingerprint density at radius 2 is 1.90 bits per heavy atom. The molecule has 0 atom stereocenters. The molecule has 0 aliphatic heterocycles. The van der Waals surface area contributed by atoms with Gasteiger partial charge in [-0.15, -0.1) is 10.2 Å². The van der Waals surface area contributed by atoms with E-state index in [1.807, 2.05) is 55.5 Å². The number of nitrogens with one attached hydrogen (secondary N) is 1. The molecule has 0 fully saturated rings. The maximum atomic E-state index is 12.2. The second-order valence-corrected chi connectivity index (χ2v) is 6.35. The number of aryl methyl sites for hydroxylation is 1. The molecule has 0 aliphatic carbocycles. The Labute approximate surface area is 166 Å². The molecule has 0 aliphatic rings. The van der Waals surface area contributed by atoms with Crippen LogP contribution in [0.1, 0.15) is 27.4 Å². The zero-order valence-electron chi connectivity index (χ0n) is 15.7. The third-order valence-corrected chi connectivity index (χ3v) is 4.14. The molecule has 0 spiro atoms. The van der Waals surface area contributed by atoms with E-state index >= 15 is 0 Å². The van der Waals surface area contributed by atoms with Gasteiger partial charge in [-0.2, -0.15) is 9.90 Å². The van der Waals surface area contributed by atoms with E-state index in [1.54, 1.807) is 18.2 Å².